The van der Waals surface area contributed by atoms with Crippen molar-refractivity contribution >= 4 is 15.9 Å². The zero-order valence-electron chi connectivity index (χ0n) is 14.6. The number of carbonyl (C=O) groups excluding carboxylic acids is 1. The number of nitrogens with one attached hydrogen (secondary N) is 1. The molecule has 0 bridgehead atoms. The van der Waals surface area contributed by atoms with Crippen molar-refractivity contribution in [3.8, 4) is 0 Å². The summed E-state index contributed by atoms with van der Waals surface area (Å²) in [5.41, 5.74) is 0.738. The molecule has 2 aromatic carbocycles. The minimum absolute atomic E-state index is 0.0501. The normalized spacial score (nSPS) is 15.5. The van der Waals surface area contributed by atoms with E-state index in [2.05, 4.69) is 5.32 Å². The summed E-state index contributed by atoms with van der Waals surface area (Å²) in [7, 11) is -3.98. The van der Waals surface area contributed by atoms with Gasteiger partial charge in [-0.25, -0.2) is 17.2 Å². The summed E-state index contributed by atoms with van der Waals surface area (Å²) in [5.74, 6) is -1.79. The number of rotatable bonds is 5. The van der Waals surface area contributed by atoms with Crippen LogP contribution in [-0.2, 0) is 16.6 Å². The summed E-state index contributed by atoms with van der Waals surface area (Å²) in [6.45, 7) is 0.843. The standard InChI is InChI=1S/C19H20F2N2O3S/c20-16-7-4-14(5-8-16)13-22-19(24)15-6-9-17(21)18(12-15)27(25,26)23-10-2-1-3-11-23/h4-9,12H,1-3,10-11,13H2,(H,22,24). The predicted octanol–water partition coefficient (Wildman–Crippen LogP) is 3.07. The topological polar surface area (TPSA) is 66.5 Å². The maximum Gasteiger partial charge on any atom is 0.251 e. The van der Waals surface area contributed by atoms with Crippen LogP contribution in [0.2, 0.25) is 0 Å². The van der Waals surface area contributed by atoms with Crippen LogP contribution in [0.4, 0.5) is 8.78 Å². The van der Waals surface area contributed by atoms with E-state index in [-0.39, 0.29) is 17.9 Å². The lowest BCUT2D eigenvalue weighted by atomic mass is 10.2. The Hall–Kier alpha value is -2.32. The molecule has 1 saturated heterocycles. The van der Waals surface area contributed by atoms with Gasteiger partial charge in [-0.05, 0) is 48.7 Å². The Kier molecular flexibility index (Phi) is 5.86. The Bertz CT molecular complexity index is 924. The van der Waals surface area contributed by atoms with Gasteiger partial charge in [0.2, 0.25) is 10.0 Å². The highest BCUT2D eigenvalue weighted by atomic mass is 32.2. The molecule has 0 spiro atoms. The maximum atomic E-state index is 14.2. The molecule has 0 saturated carbocycles. The molecule has 0 aliphatic carbocycles. The molecule has 1 aliphatic heterocycles. The molecule has 144 valence electrons. The van der Waals surface area contributed by atoms with Crippen molar-refractivity contribution < 1.29 is 22.0 Å². The Morgan fingerprint density at radius 1 is 1.00 bits per heavy atom. The number of halogens is 2. The molecule has 0 unspecified atom stereocenters. The van der Waals surface area contributed by atoms with Crippen LogP contribution in [0.15, 0.2) is 47.4 Å². The van der Waals surface area contributed by atoms with Crippen LogP contribution in [0.1, 0.15) is 35.2 Å². The molecule has 1 amide bonds. The lowest BCUT2D eigenvalue weighted by Crippen LogP contribution is -2.36. The van der Waals surface area contributed by atoms with E-state index in [0.717, 1.165) is 31.4 Å². The average molecular weight is 394 g/mol. The van der Waals surface area contributed by atoms with Gasteiger partial charge in [-0.1, -0.05) is 18.6 Å². The van der Waals surface area contributed by atoms with Crippen molar-refractivity contribution in [2.45, 2.75) is 30.7 Å². The van der Waals surface area contributed by atoms with Crippen LogP contribution in [0.5, 0.6) is 0 Å². The Balaban J connectivity index is 1.77. The minimum Gasteiger partial charge on any atom is -0.348 e. The average Bonchev–Trinajstić information content (AvgIpc) is 2.68. The molecule has 0 radical (unpaired) electrons. The molecule has 1 N–H and O–H groups in total. The van der Waals surface area contributed by atoms with Crippen LogP contribution in [0, 0.1) is 11.6 Å². The van der Waals surface area contributed by atoms with E-state index in [9.17, 15) is 22.0 Å². The summed E-state index contributed by atoms with van der Waals surface area (Å²) < 4.78 is 53.8. The van der Waals surface area contributed by atoms with Gasteiger partial charge in [0.15, 0.2) is 0 Å². The number of nitrogens with zero attached hydrogens (tertiary/aromatic N) is 1. The van der Waals surface area contributed by atoms with Gasteiger partial charge in [0.05, 0.1) is 0 Å². The van der Waals surface area contributed by atoms with Crippen molar-refractivity contribution in [2.75, 3.05) is 13.1 Å². The summed E-state index contributed by atoms with van der Waals surface area (Å²) >= 11 is 0. The van der Waals surface area contributed by atoms with Crippen LogP contribution in [0.3, 0.4) is 0 Å². The van der Waals surface area contributed by atoms with E-state index in [1.54, 1.807) is 0 Å². The summed E-state index contributed by atoms with van der Waals surface area (Å²) in [5, 5.41) is 2.62. The maximum absolute atomic E-state index is 14.2. The van der Waals surface area contributed by atoms with E-state index >= 15 is 0 Å². The molecule has 1 fully saturated rings. The third-order valence-corrected chi connectivity index (χ3v) is 6.41. The van der Waals surface area contributed by atoms with E-state index in [4.69, 9.17) is 0 Å². The van der Waals surface area contributed by atoms with E-state index in [0.29, 0.717) is 18.7 Å². The van der Waals surface area contributed by atoms with Gasteiger partial charge < -0.3 is 5.32 Å². The Morgan fingerprint density at radius 3 is 2.33 bits per heavy atom. The monoisotopic (exact) mass is 394 g/mol. The van der Waals surface area contributed by atoms with Gasteiger partial charge in [0.25, 0.3) is 5.91 Å². The highest BCUT2D eigenvalue weighted by Gasteiger charge is 2.29. The number of sulfonamides is 1. The fourth-order valence-electron chi connectivity index (χ4n) is 2.97. The zero-order chi connectivity index (χ0) is 19.4. The van der Waals surface area contributed by atoms with Gasteiger partial charge in [0, 0.05) is 25.2 Å². The van der Waals surface area contributed by atoms with Crippen molar-refractivity contribution in [3.05, 3.63) is 65.2 Å². The van der Waals surface area contributed by atoms with E-state index in [1.165, 1.54) is 34.6 Å². The van der Waals surface area contributed by atoms with Gasteiger partial charge in [-0.2, -0.15) is 4.31 Å². The number of benzene rings is 2. The first-order chi connectivity index (χ1) is 12.9. The van der Waals surface area contributed by atoms with Crippen LogP contribution >= 0.6 is 0 Å². The lowest BCUT2D eigenvalue weighted by molar-refractivity contribution is 0.0950. The fraction of sp³-hybridized carbons (Fsp3) is 0.316. The molecule has 0 atom stereocenters. The zero-order valence-corrected chi connectivity index (χ0v) is 15.4. The second kappa shape index (κ2) is 8.14. The third-order valence-electron chi connectivity index (χ3n) is 4.49. The van der Waals surface area contributed by atoms with Crippen molar-refractivity contribution in [2.24, 2.45) is 0 Å². The summed E-state index contributed by atoms with van der Waals surface area (Å²) in [4.78, 5) is 11.8. The molecule has 5 nitrogen and oxygen atoms in total. The molecule has 8 heteroatoms. The van der Waals surface area contributed by atoms with Gasteiger partial charge >= 0.3 is 0 Å². The Labute approximate surface area is 157 Å². The smallest absolute Gasteiger partial charge is 0.251 e. The molecule has 2 aromatic rings. The third kappa shape index (κ3) is 4.51. The molecule has 1 aliphatic rings. The Morgan fingerprint density at radius 2 is 1.67 bits per heavy atom. The first-order valence-corrected chi connectivity index (χ1v) is 10.1. The fourth-order valence-corrected chi connectivity index (χ4v) is 4.58. The molecular weight excluding hydrogens is 374 g/mol. The summed E-state index contributed by atoms with van der Waals surface area (Å²) in [6, 6.07) is 8.93. The molecule has 3 rings (SSSR count). The highest BCUT2D eigenvalue weighted by molar-refractivity contribution is 7.89. The number of piperidine rings is 1. The van der Waals surface area contributed by atoms with Crippen molar-refractivity contribution in [1.29, 1.82) is 0 Å². The largest absolute Gasteiger partial charge is 0.348 e. The van der Waals surface area contributed by atoms with Crippen LogP contribution in [-0.4, -0.2) is 31.7 Å². The number of hydrogen-bond acceptors (Lipinski definition) is 3. The van der Waals surface area contributed by atoms with E-state index < -0.39 is 26.6 Å². The molecule has 0 aromatic heterocycles. The van der Waals surface area contributed by atoms with Crippen molar-refractivity contribution in [3.63, 3.8) is 0 Å². The van der Waals surface area contributed by atoms with Crippen LogP contribution < -0.4 is 5.32 Å². The minimum atomic E-state index is -3.98. The number of amides is 1. The molecule has 27 heavy (non-hydrogen) atoms. The van der Waals surface area contributed by atoms with Crippen molar-refractivity contribution in [1.82, 2.24) is 9.62 Å². The molecular formula is C19H20F2N2O3S. The van der Waals surface area contributed by atoms with Crippen LogP contribution in [0.25, 0.3) is 0 Å². The number of carbonyl (C=O) groups is 1. The first-order valence-electron chi connectivity index (χ1n) is 8.70. The quantitative estimate of drug-likeness (QED) is 0.848. The predicted molar refractivity (Wildman–Crippen MR) is 96.6 cm³/mol. The number of hydrogen-bond donors (Lipinski definition) is 1. The SMILES string of the molecule is O=C(NCc1ccc(F)cc1)c1ccc(F)c(S(=O)(=O)N2CCCCC2)c1. The molecule has 1 heterocycles. The second-order valence-corrected chi connectivity index (χ2v) is 8.33. The lowest BCUT2D eigenvalue weighted by Gasteiger charge is -2.26. The van der Waals surface area contributed by atoms with Gasteiger partial charge in [-0.3, -0.25) is 4.79 Å². The summed E-state index contributed by atoms with van der Waals surface area (Å²) in [6.07, 6.45) is 2.41. The van der Waals surface area contributed by atoms with E-state index in [1.807, 2.05) is 0 Å². The second-order valence-electron chi connectivity index (χ2n) is 6.42. The highest BCUT2D eigenvalue weighted by Crippen LogP contribution is 2.24. The first kappa shape index (κ1) is 19.4. The van der Waals surface area contributed by atoms with Gasteiger partial charge in [0.1, 0.15) is 16.5 Å². The van der Waals surface area contributed by atoms with Gasteiger partial charge in [-0.15, -0.1) is 0 Å².